The smallest absolute Gasteiger partial charge is 0.264 e. The Morgan fingerprint density at radius 2 is 1.64 bits per heavy atom. The maximum Gasteiger partial charge on any atom is 0.264 e. The van der Waals surface area contributed by atoms with E-state index in [4.69, 9.17) is 24.6 Å². The fraction of sp³-hybridized carbons (Fsp3) is 0.404. The summed E-state index contributed by atoms with van der Waals surface area (Å²) in [6, 6.07) is 11.8. The van der Waals surface area contributed by atoms with E-state index in [1.54, 1.807) is 42.7 Å². The number of carbonyl (C=O) groups is 5. The van der Waals surface area contributed by atoms with E-state index in [1.165, 1.54) is 24.4 Å². The van der Waals surface area contributed by atoms with Crippen LogP contribution in [0.5, 0.6) is 0 Å². The fourth-order valence-electron chi connectivity index (χ4n) is 8.55. The number of para-hydroxylation sites is 1. The van der Waals surface area contributed by atoms with Crippen molar-refractivity contribution in [2.24, 2.45) is 0 Å². The van der Waals surface area contributed by atoms with Gasteiger partial charge in [-0.25, -0.2) is 13.8 Å². The number of rotatable bonds is 18. The number of benzene rings is 3. The average molecular weight is 908 g/mol. The van der Waals surface area contributed by atoms with E-state index in [0.29, 0.717) is 97.9 Å². The quantitative estimate of drug-likeness (QED) is 0.0636. The van der Waals surface area contributed by atoms with Gasteiger partial charge in [-0.2, -0.15) is 0 Å². The largest absolute Gasteiger partial charge is 0.387 e. The van der Waals surface area contributed by atoms with Crippen molar-refractivity contribution in [3.8, 4) is 11.1 Å². The summed E-state index contributed by atoms with van der Waals surface area (Å²) in [6.07, 6.45) is 6.18. The van der Waals surface area contributed by atoms with Gasteiger partial charge in [0.15, 0.2) is 0 Å². The highest BCUT2D eigenvalue weighted by molar-refractivity contribution is 6.25. The lowest BCUT2D eigenvalue weighted by molar-refractivity contribution is -0.136. The Hall–Kier alpha value is -6.54. The number of nitrogens with one attached hydrogen (secondary N) is 4. The second-order valence-corrected chi connectivity index (χ2v) is 16.4. The van der Waals surface area contributed by atoms with E-state index >= 15 is 8.78 Å². The van der Waals surface area contributed by atoms with E-state index in [0.717, 1.165) is 4.90 Å². The van der Waals surface area contributed by atoms with Gasteiger partial charge < -0.3 is 35.2 Å². The molecule has 1 aromatic heterocycles. The third kappa shape index (κ3) is 10.4. The van der Waals surface area contributed by atoms with Gasteiger partial charge in [-0.3, -0.25) is 44.1 Å². The number of piperidine rings is 2. The van der Waals surface area contributed by atoms with Gasteiger partial charge in [0.1, 0.15) is 17.7 Å². The molecule has 0 spiro atoms. The number of fused-ring (bicyclic) bond motifs is 2. The number of carbonyl (C=O) groups excluding carboxylic acids is 5. The third-order valence-corrected chi connectivity index (χ3v) is 12.1. The normalized spacial score (nSPS) is 18.5. The summed E-state index contributed by atoms with van der Waals surface area (Å²) in [5, 5.41) is 16.8. The highest BCUT2D eigenvalue weighted by atomic mass is 19.1. The minimum absolute atomic E-state index is 0.0115. The number of hydrogen-bond donors (Lipinski definition) is 4. The maximum atomic E-state index is 15.4. The fourth-order valence-corrected chi connectivity index (χ4v) is 8.55. The molecule has 1 atom stereocenters. The Kier molecular flexibility index (Phi) is 14.8. The van der Waals surface area contributed by atoms with Crippen LogP contribution in [0.4, 0.5) is 14.5 Å². The van der Waals surface area contributed by atoms with Crippen LogP contribution in [0.25, 0.3) is 27.7 Å². The number of imide groups is 2. The first-order valence-electron chi connectivity index (χ1n) is 22.1. The summed E-state index contributed by atoms with van der Waals surface area (Å²) in [6.45, 7) is 4.92. The molecule has 4 aliphatic heterocycles. The molecule has 0 bridgehead atoms. The number of anilines is 1. The van der Waals surface area contributed by atoms with E-state index in [1.807, 2.05) is 9.80 Å². The molecule has 8 rings (SSSR count). The number of hydrogen-bond acceptors (Lipinski definition) is 14. The number of likely N-dealkylation sites (tertiary alicyclic amines) is 1. The van der Waals surface area contributed by atoms with Crippen LogP contribution < -0.4 is 16.0 Å². The Morgan fingerprint density at radius 1 is 0.909 bits per heavy atom. The van der Waals surface area contributed by atoms with Crippen molar-refractivity contribution >= 4 is 58.0 Å². The topological polar surface area (TPSA) is 208 Å². The third-order valence-electron chi connectivity index (χ3n) is 12.1. The SMILES string of the molecule is N=C/C(=C\NC1CCN(C(=O)CCOCCOCCNc2cccc3c2C(=O)N(C2CCC(=O)NC2=O)C3=O)CC1)c1cnc2cccc(-c3cc(F)c(CN4CCOCC4)c(F)c3)c2n1. The minimum atomic E-state index is -1.04. The minimum Gasteiger partial charge on any atom is -0.387 e. The van der Waals surface area contributed by atoms with Gasteiger partial charge in [0, 0.05) is 86.5 Å². The monoisotopic (exact) mass is 907 g/mol. The van der Waals surface area contributed by atoms with Gasteiger partial charge in [-0.1, -0.05) is 18.2 Å². The molecule has 3 fully saturated rings. The first-order valence-corrected chi connectivity index (χ1v) is 22.1. The molecular weight excluding hydrogens is 857 g/mol. The highest BCUT2D eigenvalue weighted by Crippen LogP contribution is 2.33. The summed E-state index contributed by atoms with van der Waals surface area (Å²) in [5.41, 5.74) is 3.57. The Morgan fingerprint density at radius 3 is 2.38 bits per heavy atom. The number of morpholine rings is 1. The lowest BCUT2D eigenvalue weighted by atomic mass is 10.0. The molecular formula is C47H51F2N9O8. The van der Waals surface area contributed by atoms with Crippen LogP contribution in [-0.2, 0) is 35.1 Å². The standard InChI is InChI=1S/C47H51F2N9O8/c48-35-23-29(24-36(49)34(35)28-56-15-19-66-20-16-56)32-3-1-6-38-44(32)54-39(27-53-38)30(25-50)26-52-31-9-13-57(14-10-31)42(60)11-17-64-21-22-65-18-12-51-37-5-2-4-33-43(37)47(63)58(46(33)62)40-7-8-41(59)55-45(40)61/h1-6,23-27,31,40,50-52H,7-22,28H2,(H,55,59,61)/b30-26+,50-25?. The molecule has 4 aromatic rings. The summed E-state index contributed by atoms with van der Waals surface area (Å²) in [5.74, 6) is -3.54. The number of aromatic nitrogens is 2. The van der Waals surface area contributed by atoms with Gasteiger partial charge in [-0.05, 0) is 55.2 Å². The van der Waals surface area contributed by atoms with Crippen LogP contribution in [-0.4, -0.2) is 145 Å². The highest BCUT2D eigenvalue weighted by Gasteiger charge is 2.45. The zero-order chi connectivity index (χ0) is 46.2. The molecule has 19 heteroatoms. The average Bonchev–Trinajstić information content (AvgIpc) is 3.58. The van der Waals surface area contributed by atoms with Gasteiger partial charge in [0.25, 0.3) is 11.8 Å². The Bertz CT molecular complexity index is 2520. The molecule has 5 amide bonds. The van der Waals surface area contributed by atoms with Crippen LogP contribution in [0.2, 0.25) is 0 Å². The van der Waals surface area contributed by atoms with Crippen molar-refractivity contribution in [2.75, 3.05) is 77.7 Å². The second-order valence-electron chi connectivity index (χ2n) is 16.4. The molecule has 4 aliphatic rings. The molecule has 17 nitrogen and oxygen atoms in total. The summed E-state index contributed by atoms with van der Waals surface area (Å²) < 4.78 is 47.4. The molecule has 3 aromatic carbocycles. The summed E-state index contributed by atoms with van der Waals surface area (Å²) in [4.78, 5) is 77.3. The van der Waals surface area contributed by atoms with Crippen LogP contribution in [0.3, 0.4) is 0 Å². The molecule has 0 saturated carbocycles. The predicted octanol–water partition coefficient (Wildman–Crippen LogP) is 3.91. The van der Waals surface area contributed by atoms with Crippen LogP contribution in [0, 0.1) is 17.0 Å². The van der Waals surface area contributed by atoms with E-state index in [9.17, 15) is 24.0 Å². The molecule has 346 valence electrons. The van der Waals surface area contributed by atoms with Crippen LogP contribution in [0.1, 0.15) is 64.1 Å². The maximum absolute atomic E-state index is 15.4. The molecule has 66 heavy (non-hydrogen) atoms. The Balaban J connectivity index is 0.745. The van der Waals surface area contributed by atoms with Gasteiger partial charge >= 0.3 is 0 Å². The van der Waals surface area contributed by atoms with Gasteiger partial charge in [-0.15, -0.1) is 0 Å². The lowest BCUT2D eigenvalue weighted by Gasteiger charge is -2.32. The van der Waals surface area contributed by atoms with E-state index in [2.05, 4.69) is 20.9 Å². The number of allylic oxidation sites excluding steroid dienone is 1. The van der Waals surface area contributed by atoms with Crippen molar-refractivity contribution in [1.29, 1.82) is 5.41 Å². The molecule has 5 heterocycles. The van der Waals surface area contributed by atoms with Crippen molar-refractivity contribution in [3.05, 3.63) is 94.9 Å². The number of ether oxygens (including phenoxy) is 3. The van der Waals surface area contributed by atoms with Crippen molar-refractivity contribution < 1.29 is 47.0 Å². The summed E-state index contributed by atoms with van der Waals surface area (Å²) >= 11 is 0. The molecule has 3 saturated heterocycles. The summed E-state index contributed by atoms with van der Waals surface area (Å²) in [7, 11) is 0. The van der Waals surface area contributed by atoms with Crippen molar-refractivity contribution in [2.45, 2.75) is 50.7 Å². The zero-order valence-electron chi connectivity index (χ0n) is 36.3. The Labute approximate surface area is 379 Å². The van der Waals surface area contributed by atoms with Gasteiger partial charge in [0.2, 0.25) is 17.7 Å². The van der Waals surface area contributed by atoms with Gasteiger partial charge in [0.05, 0.1) is 80.1 Å². The van der Waals surface area contributed by atoms with E-state index in [-0.39, 0.29) is 80.9 Å². The number of halogens is 2. The first kappa shape index (κ1) is 46.0. The predicted molar refractivity (Wildman–Crippen MR) is 238 cm³/mol. The van der Waals surface area contributed by atoms with Crippen LogP contribution >= 0.6 is 0 Å². The first-order chi connectivity index (χ1) is 32.1. The second kappa shape index (κ2) is 21.2. The number of amides is 5. The van der Waals surface area contributed by atoms with E-state index < -0.39 is 41.3 Å². The van der Waals surface area contributed by atoms with Crippen molar-refractivity contribution in [3.63, 3.8) is 0 Å². The lowest BCUT2D eigenvalue weighted by Crippen LogP contribution is -2.54. The molecule has 1 unspecified atom stereocenters. The molecule has 0 radical (unpaired) electrons. The van der Waals surface area contributed by atoms with Crippen LogP contribution in [0.15, 0.2) is 60.9 Å². The molecule has 4 N–H and O–H groups in total. The number of nitrogens with zero attached hydrogens (tertiary/aromatic N) is 5. The van der Waals surface area contributed by atoms with Crippen molar-refractivity contribution in [1.82, 2.24) is 35.3 Å². The molecule has 0 aliphatic carbocycles. The zero-order valence-corrected chi connectivity index (χ0v) is 36.3.